The van der Waals surface area contributed by atoms with Crippen molar-refractivity contribution in [2.75, 3.05) is 0 Å². The summed E-state index contributed by atoms with van der Waals surface area (Å²) in [5.41, 5.74) is 5.27. The number of allylic oxidation sites excluding steroid dienone is 2. The summed E-state index contributed by atoms with van der Waals surface area (Å²) in [5, 5.41) is 1.79. The van der Waals surface area contributed by atoms with Gasteiger partial charge >= 0.3 is 19.4 Å². The van der Waals surface area contributed by atoms with Gasteiger partial charge in [0.1, 0.15) is 11.5 Å². The van der Waals surface area contributed by atoms with Gasteiger partial charge in [0.05, 0.1) is 5.70 Å². The van der Waals surface area contributed by atoms with E-state index < -0.39 is 7.40 Å². The first kappa shape index (κ1) is 28.3. The number of aliphatic imine (C=N–C) groups is 1. The molecule has 0 spiro atoms. The Bertz CT molecular complexity index is 1960. The molecule has 0 fully saturated rings. The van der Waals surface area contributed by atoms with Gasteiger partial charge < -0.3 is 14.0 Å². The Hall–Kier alpha value is -4.83. The molecule has 5 aromatic rings. The summed E-state index contributed by atoms with van der Waals surface area (Å²) in [4.78, 5) is 17.2. The van der Waals surface area contributed by atoms with E-state index in [4.69, 9.17) is 26.1 Å². The molecule has 6 rings (SSSR count). The fraction of sp³-hybridized carbons (Fsp3) is 0.125. The van der Waals surface area contributed by atoms with Gasteiger partial charge in [-0.05, 0) is 91.7 Å². The molecule has 0 unspecified atom stereocenters. The number of benzene rings is 3. The number of hydrogen-bond donors (Lipinski definition) is 0. The van der Waals surface area contributed by atoms with E-state index in [2.05, 4.69) is 15.0 Å². The molecule has 0 aliphatic carbocycles. The standard InChI is InChI=1S/C32H25BClF2N5O2/c1-18-16-20(3)37-28(18)27(29-19(2)17-21(4)41(29)33(35)36)23-12-14-24(15-13-23)42-31-38-30(34)39-32(40-31)43-26-11-7-9-22-8-5-6-10-25(22)26/h5-17H,1-4H3/b28-27-. The van der Waals surface area contributed by atoms with Crippen LogP contribution in [-0.4, -0.2) is 32.5 Å². The van der Waals surface area contributed by atoms with Crippen LogP contribution in [0.25, 0.3) is 16.3 Å². The van der Waals surface area contributed by atoms with Crippen LogP contribution in [0.5, 0.6) is 23.5 Å². The number of fused-ring (bicyclic) bond motifs is 1. The summed E-state index contributed by atoms with van der Waals surface area (Å²) in [6, 6.07) is 22.1. The molecule has 3 heterocycles. The average molecular weight is 596 g/mol. The monoisotopic (exact) mass is 595 g/mol. The molecular formula is C32H25BClF2N5O2. The fourth-order valence-electron chi connectivity index (χ4n) is 5.29. The number of aryl methyl sites for hydroxylation is 2. The van der Waals surface area contributed by atoms with Crippen molar-refractivity contribution in [3.63, 3.8) is 0 Å². The van der Waals surface area contributed by atoms with Crippen LogP contribution in [0.15, 0.2) is 95.1 Å². The molecule has 214 valence electrons. The van der Waals surface area contributed by atoms with Gasteiger partial charge in [-0.3, -0.25) is 13.6 Å². The smallest absolute Gasteiger partial charge is 0.424 e. The van der Waals surface area contributed by atoms with Crippen LogP contribution in [0.1, 0.15) is 36.4 Å². The fourth-order valence-corrected chi connectivity index (χ4v) is 5.43. The van der Waals surface area contributed by atoms with Crippen LogP contribution in [-0.2, 0) is 0 Å². The summed E-state index contributed by atoms with van der Waals surface area (Å²) in [5.74, 6) is 0.964. The van der Waals surface area contributed by atoms with Crippen molar-refractivity contribution < 1.29 is 18.1 Å². The molecule has 3 aromatic carbocycles. The van der Waals surface area contributed by atoms with Crippen LogP contribution < -0.4 is 9.47 Å². The molecule has 11 heteroatoms. The average Bonchev–Trinajstić information content (AvgIpc) is 3.45. The number of aromatic nitrogens is 4. The van der Waals surface area contributed by atoms with E-state index in [1.165, 1.54) is 0 Å². The molecule has 0 bridgehead atoms. The summed E-state index contributed by atoms with van der Waals surface area (Å²) in [6.45, 7) is 7.30. The van der Waals surface area contributed by atoms with Gasteiger partial charge in [-0.1, -0.05) is 48.5 Å². The maximum absolute atomic E-state index is 14.3. The van der Waals surface area contributed by atoms with Crippen molar-refractivity contribution in [3.05, 3.63) is 118 Å². The molecule has 1 aliphatic rings. The Morgan fingerprint density at radius 2 is 1.53 bits per heavy atom. The van der Waals surface area contributed by atoms with Crippen LogP contribution in [0.3, 0.4) is 0 Å². The normalized spacial score (nSPS) is 14.0. The zero-order chi connectivity index (χ0) is 30.2. The second kappa shape index (κ2) is 11.5. The third-order valence-electron chi connectivity index (χ3n) is 7.05. The maximum atomic E-state index is 14.3. The van der Waals surface area contributed by atoms with E-state index >= 15 is 0 Å². The van der Waals surface area contributed by atoms with Crippen LogP contribution in [0.2, 0.25) is 5.28 Å². The molecule has 2 aromatic heterocycles. The third kappa shape index (κ3) is 5.66. The third-order valence-corrected chi connectivity index (χ3v) is 7.21. The molecule has 43 heavy (non-hydrogen) atoms. The first-order valence-corrected chi connectivity index (χ1v) is 13.9. The maximum Gasteiger partial charge on any atom is 0.677 e. The topological polar surface area (TPSA) is 74.4 Å². The van der Waals surface area contributed by atoms with E-state index in [1.807, 2.05) is 69.3 Å². The van der Waals surface area contributed by atoms with Gasteiger partial charge in [0.15, 0.2) is 0 Å². The van der Waals surface area contributed by atoms with E-state index in [-0.39, 0.29) is 17.3 Å². The molecular weight excluding hydrogens is 571 g/mol. The molecule has 7 nitrogen and oxygen atoms in total. The van der Waals surface area contributed by atoms with Crippen molar-refractivity contribution in [2.24, 2.45) is 4.99 Å². The van der Waals surface area contributed by atoms with Crippen LogP contribution >= 0.6 is 11.6 Å². The molecule has 0 saturated heterocycles. The molecule has 0 atom stereocenters. The van der Waals surface area contributed by atoms with Crippen molar-refractivity contribution in [1.29, 1.82) is 0 Å². The number of ether oxygens (including phenoxy) is 2. The predicted molar refractivity (Wildman–Crippen MR) is 166 cm³/mol. The Morgan fingerprint density at radius 1 is 0.837 bits per heavy atom. The number of hydrogen-bond acceptors (Lipinski definition) is 6. The van der Waals surface area contributed by atoms with Crippen molar-refractivity contribution in [1.82, 2.24) is 19.4 Å². The Kier molecular flexibility index (Phi) is 7.54. The van der Waals surface area contributed by atoms with Gasteiger partial charge in [0, 0.05) is 28.1 Å². The minimum atomic E-state index is -2.71. The summed E-state index contributed by atoms with van der Waals surface area (Å²) < 4.78 is 41.4. The lowest BCUT2D eigenvalue weighted by Gasteiger charge is -2.17. The second-order valence-electron chi connectivity index (χ2n) is 10.1. The van der Waals surface area contributed by atoms with E-state index in [9.17, 15) is 8.63 Å². The number of rotatable bonds is 7. The molecule has 0 N–H and O–H groups in total. The zero-order valence-electron chi connectivity index (χ0n) is 23.8. The van der Waals surface area contributed by atoms with Gasteiger partial charge in [-0.2, -0.15) is 9.97 Å². The van der Waals surface area contributed by atoms with Crippen molar-refractivity contribution in [2.45, 2.75) is 27.7 Å². The van der Waals surface area contributed by atoms with E-state index in [1.54, 1.807) is 37.3 Å². The lowest BCUT2D eigenvalue weighted by molar-refractivity contribution is 0.399. The van der Waals surface area contributed by atoms with Gasteiger partial charge in [-0.15, -0.1) is 4.98 Å². The predicted octanol–water partition coefficient (Wildman–Crippen LogP) is 8.63. The highest BCUT2D eigenvalue weighted by Crippen LogP contribution is 2.38. The molecule has 0 amide bonds. The minimum Gasteiger partial charge on any atom is -0.424 e. The lowest BCUT2D eigenvalue weighted by Crippen LogP contribution is -2.18. The van der Waals surface area contributed by atoms with Gasteiger partial charge in [0.2, 0.25) is 5.28 Å². The van der Waals surface area contributed by atoms with Crippen molar-refractivity contribution in [3.8, 4) is 23.5 Å². The first-order valence-electron chi connectivity index (χ1n) is 13.5. The molecule has 1 aliphatic heterocycles. The highest BCUT2D eigenvalue weighted by Gasteiger charge is 2.29. The minimum absolute atomic E-state index is 0.0228. The quantitative estimate of drug-likeness (QED) is 0.176. The number of halogens is 3. The van der Waals surface area contributed by atoms with E-state index in [0.717, 1.165) is 32.1 Å². The first-order chi connectivity index (χ1) is 20.7. The molecule has 0 radical (unpaired) electrons. The highest BCUT2D eigenvalue weighted by atomic mass is 35.5. The molecule has 0 saturated carbocycles. The van der Waals surface area contributed by atoms with Crippen molar-refractivity contribution >= 4 is 41.1 Å². The Morgan fingerprint density at radius 3 is 2.23 bits per heavy atom. The lowest BCUT2D eigenvalue weighted by atomic mass is 9.94. The Labute approximate surface area is 252 Å². The van der Waals surface area contributed by atoms with Gasteiger partial charge in [0.25, 0.3) is 0 Å². The van der Waals surface area contributed by atoms with Gasteiger partial charge in [-0.25, -0.2) is 0 Å². The van der Waals surface area contributed by atoms with Crippen LogP contribution in [0.4, 0.5) is 8.63 Å². The van der Waals surface area contributed by atoms with E-state index in [0.29, 0.717) is 39.7 Å². The SMILES string of the molecule is CC1=CC(C)=N/C1=C(/c1ccc(Oc2nc(Cl)nc(Oc3cccc4ccccc34)n2)cc1)c1c(C)cc(C)n1B(F)F. The van der Waals surface area contributed by atoms with Crippen LogP contribution in [0, 0.1) is 13.8 Å². The summed E-state index contributed by atoms with van der Waals surface area (Å²) >= 11 is 6.18. The zero-order valence-corrected chi connectivity index (χ0v) is 24.5. The largest absolute Gasteiger partial charge is 0.677 e. The highest BCUT2D eigenvalue weighted by molar-refractivity contribution is 6.41. The summed E-state index contributed by atoms with van der Waals surface area (Å²) in [7, 11) is -2.71. The number of nitrogens with zero attached hydrogens (tertiary/aromatic N) is 5. The Balaban J connectivity index is 1.33. The summed E-state index contributed by atoms with van der Waals surface area (Å²) in [6.07, 6.45) is 1.94. The second-order valence-corrected chi connectivity index (χ2v) is 10.5.